The number of pyridine rings is 1. The second kappa shape index (κ2) is 3.53. The summed E-state index contributed by atoms with van der Waals surface area (Å²) < 4.78 is 0. The van der Waals surface area contributed by atoms with Crippen molar-refractivity contribution in [3.05, 3.63) is 24.3 Å². The third-order valence-corrected chi connectivity index (χ3v) is 1.95. The fourth-order valence-electron chi connectivity index (χ4n) is 1.30. The Morgan fingerprint density at radius 1 is 1.46 bits per heavy atom. The van der Waals surface area contributed by atoms with E-state index in [1.807, 2.05) is 6.07 Å². The molecule has 68 valence electrons. The van der Waals surface area contributed by atoms with E-state index in [0.29, 0.717) is 6.54 Å². The number of nitrogens with one attached hydrogen (secondary N) is 1. The minimum Gasteiger partial charge on any atom is -0.341 e. The molecule has 0 saturated heterocycles. The highest BCUT2D eigenvalue weighted by Gasteiger charge is 2.00. The van der Waals surface area contributed by atoms with E-state index in [9.17, 15) is 0 Å². The summed E-state index contributed by atoms with van der Waals surface area (Å²) in [4.78, 5) is 11.6. The highest BCUT2D eigenvalue weighted by atomic mass is 14.9. The first kappa shape index (κ1) is 8.19. The van der Waals surface area contributed by atoms with Gasteiger partial charge in [0.15, 0.2) is 0 Å². The quantitative estimate of drug-likeness (QED) is 0.728. The molecular weight excluding hydrogens is 164 g/mol. The molecule has 0 aliphatic rings. The Labute approximate surface area is 76.2 Å². The number of rotatable bonds is 3. The Hall–Kier alpha value is -1.42. The molecule has 0 bridgehead atoms. The number of H-pyrrole nitrogens is 1. The summed E-state index contributed by atoms with van der Waals surface area (Å²) in [5.41, 5.74) is 7.39. The average Bonchev–Trinajstić information content (AvgIpc) is 2.57. The molecule has 3 N–H and O–H groups in total. The molecule has 0 radical (unpaired) electrons. The molecule has 0 aliphatic heterocycles. The SMILES string of the molecule is NCCCc1nc2ccncc2[nH]1. The lowest BCUT2D eigenvalue weighted by Crippen LogP contribution is -2.01. The van der Waals surface area contributed by atoms with Gasteiger partial charge in [-0.2, -0.15) is 0 Å². The normalized spacial score (nSPS) is 10.8. The van der Waals surface area contributed by atoms with Crippen molar-refractivity contribution in [2.75, 3.05) is 6.54 Å². The predicted octanol–water partition coefficient (Wildman–Crippen LogP) is 0.849. The standard InChI is InChI=1S/C9H12N4/c10-4-1-2-9-12-7-3-5-11-6-8(7)13-9/h3,5-6H,1-2,4,10H2,(H,12,13). The van der Waals surface area contributed by atoms with Gasteiger partial charge < -0.3 is 10.7 Å². The summed E-state index contributed by atoms with van der Waals surface area (Å²) in [5, 5.41) is 0. The van der Waals surface area contributed by atoms with Crippen molar-refractivity contribution in [2.24, 2.45) is 5.73 Å². The van der Waals surface area contributed by atoms with E-state index in [1.54, 1.807) is 12.4 Å². The van der Waals surface area contributed by atoms with Gasteiger partial charge in [-0.3, -0.25) is 4.98 Å². The van der Waals surface area contributed by atoms with Crippen LogP contribution in [-0.4, -0.2) is 21.5 Å². The molecule has 0 spiro atoms. The maximum absolute atomic E-state index is 5.42. The predicted molar refractivity (Wildman–Crippen MR) is 51.3 cm³/mol. The van der Waals surface area contributed by atoms with Crippen LogP contribution in [-0.2, 0) is 6.42 Å². The van der Waals surface area contributed by atoms with Crippen LogP contribution in [0.2, 0.25) is 0 Å². The number of aromatic amines is 1. The molecule has 0 fully saturated rings. The Balaban J connectivity index is 2.28. The van der Waals surface area contributed by atoms with Gasteiger partial charge in [-0.25, -0.2) is 4.98 Å². The Morgan fingerprint density at radius 2 is 2.38 bits per heavy atom. The number of nitrogens with two attached hydrogens (primary N) is 1. The molecule has 0 aromatic carbocycles. The number of nitrogens with zero attached hydrogens (tertiary/aromatic N) is 2. The second-order valence-corrected chi connectivity index (χ2v) is 2.97. The minimum atomic E-state index is 0.704. The van der Waals surface area contributed by atoms with Crippen LogP contribution in [0, 0.1) is 0 Å². The zero-order valence-electron chi connectivity index (χ0n) is 7.33. The first-order valence-corrected chi connectivity index (χ1v) is 4.39. The first-order valence-electron chi connectivity index (χ1n) is 4.39. The minimum absolute atomic E-state index is 0.704. The summed E-state index contributed by atoms with van der Waals surface area (Å²) in [6, 6.07) is 1.90. The Bertz CT molecular complexity index is 360. The molecule has 2 heterocycles. The Kier molecular flexibility index (Phi) is 2.23. The Morgan fingerprint density at radius 3 is 3.15 bits per heavy atom. The lowest BCUT2D eigenvalue weighted by atomic mass is 10.3. The third-order valence-electron chi connectivity index (χ3n) is 1.95. The zero-order valence-corrected chi connectivity index (χ0v) is 7.33. The van der Waals surface area contributed by atoms with Crippen LogP contribution < -0.4 is 5.73 Å². The zero-order chi connectivity index (χ0) is 9.10. The largest absolute Gasteiger partial charge is 0.341 e. The fourth-order valence-corrected chi connectivity index (χ4v) is 1.30. The number of aryl methyl sites for hydroxylation is 1. The summed E-state index contributed by atoms with van der Waals surface area (Å²) in [6.45, 7) is 0.704. The van der Waals surface area contributed by atoms with Crippen LogP contribution in [0.5, 0.6) is 0 Å². The molecular formula is C9H12N4. The topological polar surface area (TPSA) is 67.6 Å². The smallest absolute Gasteiger partial charge is 0.107 e. The van der Waals surface area contributed by atoms with Gasteiger partial charge in [-0.15, -0.1) is 0 Å². The molecule has 4 heteroatoms. The van der Waals surface area contributed by atoms with Gasteiger partial charge in [0.1, 0.15) is 5.82 Å². The van der Waals surface area contributed by atoms with Crippen molar-refractivity contribution in [2.45, 2.75) is 12.8 Å². The average molecular weight is 176 g/mol. The monoisotopic (exact) mass is 176 g/mol. The summed E-state index contributed by atoms with van der Waals surface area (Å²) in [7, 11) is 0. The van der Waals surface area contributed by atoms with Crippen LogP contribution in [0.25, 0.3) is 11.0 Å². The highest BCUT2D eigenvalue weighted by molar-refractivity contribution is 5.73. The van der Waals surface area contributed by atoms with E-state index < -0.39 is 0 Å². The van der Waals surface area contributed by atoms with Crippen molar-refractivity contribution in [1.29, 1.82) is 0 Å². The molecule has 2 aromatic heterocycles. The summed E-state index contributed by atoms with van der Waals surface area (Å²) in [5.74, 6) is 0.994. The fraction of sp³-hybridized carbons (Fsp3) is 0.333. The molecule has 0 amide bonds. The number of hydrogen-bond donors (Lipinski definition) is 2. The van der Waals surface area contributed by atoms with Crippen molar-refractivity contribution in [3.8, 4) is 0 Å². The molecule has 13 heavy (non-hydrogen) atoms. The van der Waals surface area contributed by atoms with Crippen LogP contribution in [0.15, 0.2) is 18.5 Å². The molecule has 4 nitrogen and oxygen atoms in total. The van der Waals surface area contributed by atoms with Crippen LogP contribution in [0.3, 0.4) is 0 Å². The van der Waals surface area contributed by atoms with E-state index in [2.05, 4.69) is 15.0 Å². The molecule has 0 unspecified atom stereocenters. The van der Waals surface area contributed by atoms with Crippen molar-refractivity contribution >= 4 is 11.0 Å². The molecule has 0 atom stereocenters. The van der Waals surface area contributed by atoms with Gasteiger partial charge in [0.25, 0.3) is 0 Å². The van der Waals surface area contributed by atoms with E-state index in [0.717, 1.165) is 29.7 Å². The molecule has 2 rings (SSSR count). The maximum atomic E-state index is 5.42. The van der Waals surface area contributed by atoms with E-state index in [1.165, 1.54) is 0 Å². The van der Waals surface area contributed by atoms with Gasteiger partial charge >= 0.3 is 0 Å². The van der Waals surface area contributed by atoms with Crippen molar-refractivity contribution < 1.29 is 0 Å². The van der Waals surface area contributed by atoms with Crippen molar-refractivity contribution in [3.63, 3.8) is 0 Å². The van der Waals surface area contributed by atoms with Crippen LogP contribution in [0.4, 0.5) is 0 Å². The molecule has 0 saturated carbocycles. The van der Waals surface area contributed by atoms with Gasteiger partial charge in [-0.05, 0) is 19.0 Å². The lowest BCUT2D eigenvalue weighted by Gasteiger charge is -1.90. The third kappa shape index (κ3) is 1.67. The van der Waals surface area contributed by atoms with Crippen LogP contribution in [0.1, 0.15) is 12.2 Å². The number of fused-ring (bicyclic) bond motifs is 1. The van der Waals surface area contributed by atoms with Crippen molar-refractivity contribution in [1.82, 2.24) is 15.0 Å². The maximum Gasteiger partial charge on any atom is 0.107 e. The van der Waals surface area contributed by atoms with Gasteiger partial charge in [0, 0.05) is 12.6 Å². The number of imidazole rings is 1. The number of aromatic nitrogens is 3. The van der Waals surface area contributed by atoms with E-state index in [4.69, 9.17) is 5.73 Å². The second-order valence-electron chi connectivity index (χ2n) is 2.97. The summed E-state index contributed by atoms with van der Waals surface area (Å²) in [6.07, 6.45) is 5.41. The number of hydrogen-bond acceptors (Lipinski definition) is 3. The van der Waals surface area contributed by atoms with Crippen LogP contribution >= 0.6 is 0 Å². The highest BCUT2D eigenvalue weighted by Crippen LogP contribution is 2.09. The molecule has 0 aliphatic carbocycles. The van der Waals surface area contributed by atoms with Gasteiger partial charge in [0.05, 0.1) is 17.2 Å². The van der Waals surface area contributed by atoms with Gasteiger partial charge in [0.2, 0.25) is 0 Å². The van der Waals surface area contributed by atoms with Gasteiger partial charge in [-0.1, -0.05) is 0 Å². The first-order chi connectivity index (χ1) is 6.40. The summed E-state index contributed by atoms with van der Waals surface area (Å²) >= 11 is 0. The van der Waals surface area contributed by atoms with E-state index >= 15 is 0 Å². The van der Waals surface area contributed by atoms with E-state index in [-0.39, 0.29) is 0 Å². The molecule has 2 aromatic rings. The lowest BCUT2D eigenvalue weighted by molar-refractivity contribution is 0.796.